The SMILES string of the molecule is O=C(O)C(O)=CC(=O)c1sccc1Cc1ccccc1F. The van der Waals surface area contributed by atoms with Gasteiger partial charge < -0.3 is 10.2 Å². The first-order chi connectivity index (χ1) is 9.99. The lowest BCUT2D eigenvalue weighted by molar-refractivity contribution is -0.135. The molecule has 2 N–H and O–H groups in total. The van der Waals surface area contributed by atoms with E-state index in [0.29, 0.717) is 17.2 Å². The molecule has 2 rings (SSSR count). The summed E-state index contributed by atoms with van der Waals surface area (Å²) in [7, 11) is 0. The van der Waals surface area contributed by atoms with Crippen molar-refractivity contribution >= 4 is 23.1 Å². The van der Waals surface area contributed by atoms with Crippen molar-refractivity contribution in [1.82, 2.24) is 0 Å². The third-order valence-electron chi connectivity index (χ3n) is 2.80. The third kappa shape index (κ3) is 3.55. The molecule has 1 heterocycles. The van der Waals surface area contributed by atoms with Crippen LogP contribution in [0.1, 0.15) is 20.8 Å². The quantitative estimate of drug-likeness (QED) is 0.505. The van der Waals surface area contributed by atoms with Gasteiger partial charge in [-0.1, -0.05) is 18.2 Å². The Hall–Kier alpha value is -2.47. The van der Waals surface area contributed by atoms with Gasteiger partial charge >= 0.3 is 5.97 Å². The molecule has 0 spiro atoms. The highest BCUT2D eigenvalue weighted by molar-refractivity contribution is 7.12. The summed E-state index contributed by atoms with van der Waals surface area (Å²) in [5.41, 5.74) is 1.03. The highest BCUT2D eigenvalue weighted by Gasteiger charge is 2.15. The first kappa shape index (κ1) is 14.9. The van der Waals surface area contributed by atoms with E-state index in [0.717, 1.165) is 11.3 Å². The number of carbonyl (C=O) groups is 2. The number of rotatable bonds is 5. The predicted octanol–water partition coefficient (Wildman–Crippen LogP) is 3.19. The van der Waals surface area contributed by atoms with E-state index < -0.39 is 17.5 Å². The van der Waals surface area contributed by atoms with E-state index in [-0.39, 0.29) is 17.1 Å². The maximum absolute atomic E-state index is 13.6. The number of hydrogen-bond donors (Lipinski definition) is 2. The van der Waals surface area contributed by atoms with E-state index in [1.807, 2.05) is 0 Å². The summed E-state index contributed by atoms with van der Waals surface area (Å²) in [5.74, 6) is -3.58. The van der Waals surface area contributed by atoms with Crippen LogP contribution >= 0.6 is 11.3 Å². The smallest absolute Gasteiger partial charge is 0.371 e. The number of aliphatic hydroxyl groups is 1. The number of aliphatic hydroxyl groups excluding tert-OH is 1. The van der Waals surface area contributed by atoms with Crippen LogP contribution in [0.25, 0.3) is 0 Å². The van der Waals surface area contributed by atoms with Gasteiger partial charge in [0.25, 0.3) is 0 Å². The molecule has 0 atom stereocenters. The predicted molar refractivity (Wildman–Crippen MR) is 76.2 cm³/mol. The summed E-state index contributed by atoms with van der Waals surface area (Å²) in [6.07, 6.45) is 0.873. The van der Waals surface area contributed by atoms with Crippen molar-refractivity contribution in [2.45, 2.75) is 6.42 Å². The summed E-state index contributed by atoms with van der Waals surface area (Å²) in [5, 5.41) is 19.3. The van der Waals surface area contributed by atoms with Crippen molar-refractivity contribution in [3.63, 3.8) is 0 Å². The number of aliphatic carboxylic acids is 1. The van der Waals surface area contributed by atoms with Gasteiger partial charge in [-0.25, -0.2) is 9.18 Å². The normalized spacial score (nSPS) is 11.4. The third-order valence-corrected chi connectivity index (χ3v) is 3.77. The van der Waals surface area contributed by atoms with E-state index in [9.17, 15) is 14.0 Å². The van der Waals surface area contributed by atoms with Crippen LogP contribution in [-0.4, -0.2) is 22.0 Å². The molecule has 6 heteroatoms. The van der Waals surface area contributed by atoms with Crippen LogP contribution in [0.5, 0.6) is 0 Å². The number of benzene rings is 1. The molecular formula is C15H11FO4S. The Labute approximate surface area is 123 Å². The van der Waals surface area contributed by atoms with Crippen molar-refractivity contribution in [2.75, 3.05) is 0 Å². The van der Waals surface area contributed by atoms with Crippen LogP contribution in [0.2, 0.25) is 0 Å². The number of ketones is 1. The minimum absolute atomic E-state index is 0.221. The van der Waals surface area contributed by atoms with Crippen LogP contribution in [0.15, 0.2) is 47.5 Å². The molecule has 1 aromatic carbocycles. The van der Waals surface area contributed by atoms with E-state index >= 15 is 0 Å². The molecule has 0 fully saturated rings. The van der Waals surface area contributed by atoms with Gasteiger partial charge in [-0.3, -0.25) is 4.79 Å². The van der Waals surface area contributed by atoms with Gasteiger partial charge in [0.1, 0.15) is 5.82 Å². The second-order valence-corrected chi connectivity index (χ2v) is 5.16. The van der Waals surface area contributed by atoms with Gasteiger partial charge in [-0.05, 0) is 28.6 Å². The second-order valence-electron chi connectivity index (χ2n) is 4.24. The Morgan fingerprint density at radius 1 is 1.14 bits per heavy atom. The van der Waals surface area contributed by atoms with Gasteiger partial charge in [0.2, 0.25) is 5.76 Å². The fraction of sp³-hybridized carbons (Fsp3) is 0.0667. The molecule has 0 saturated carbocycles. The molecule has 0 aliphatic rings. The topological polar surface area (TPSA) is 74.6 Å². The molecule has 1 aromatic heterocycles. The maximum Gasteiger partial charge on any atom is 0.371 e. The number of allylic oxidation sites excluding steroid dienone is 1. The number of carboxylic acid groups (broad SMARTS) is 1. The molecule has 0 bridgehead atoms. The molecule has 0 unspecified atom stereocenters. The number of hydrogen-bond acceptors (Lipinski definition) is 4. The van der Waals surface area contributed by atoms with Crippen molar-refractivity contribution in [3.8, 4) is 0 Å². The Balaban J connectivity index is 2.27. The molecule has 0 radical (unpaired) electrons. The molecule has 4 nitrogen and oxygen atoms in total. The average Bonchev–Trinajstić information content (AvgIpc) is 2.89. The zero-order chi connectivity index (χ0) is 15.4. The number of carbonyl (C=O) groups excluding carboxylic acids is 1. The fourth-order valence-corrected chi connectivity index (χ4v) is 2.62. The van der Waals surface area contributed by atoms with Crippen molar-refractivity contribution in [2.24, 2.45) is 0 Å². The van der Waals surface area contributed by atoms with Crippen LogP contribution in [-0.2, 0) is 11.2 Å². The number of thiophene rings is 1. The fourth-order valence-electron chi connectivity index (χ4n) is 1.79. The highest BCUT2D eigenvalue weighted by Crippen LogP contribution is 2.22. The maximum atomic E-state index is 13.6. The standard InChI is InChI=1S/C15H11FO4S/c16-11-4-2-1-3-9(11)7-10-5-6-21-14(10)12(17)8-13(18)15(19)20/h1-6,8,18H,7H2,(H,19,20). The molecule has 108 valence electrons. The monoisotopic (exact) mass is 306 g/mol. The second kappa shape index (κ2) is 6.32. The molecule has 0 aliphatic heterocycles. The molecule has 2 aromatic rings. The lowest BCUT2D eigenvalue weighted by atomic mass is 10.0. The number of halogens is 1. The van der Waals surface area contributed by atoms with Gasteiger partial charge in [0, 0.05) is 12.5 Å². The van der Waals surface area contributed by atoms with Crippen LogP contribution in [0.3, 0.4) is 0 Å². The zero-order valence-corrected chi connectivity index (χ0v) is 11.6. The minimum Gasteiger partial charge on any atom is -0.502 e. The van der Waals surface area contributed by atoms with Crippen LogP contribution in [0, 0.1) is 5.82 Å². The lowest BCUT2D eigenvalue weighted by Gasteiger charge is -2.03. The largest absolute Gasteiger partial charge is 0.502 e. The Bertz CT molecular complexity index is 718. The Kier molecular flexibility index (Phi) is 4.49. The summed E-state index contributed by atoms with van der Waals surface area (Å²) in [6.45, 7) is 0. The van der Waals surface area contributed by atoms with Crippen molar-refractivity contribution in [3.05, 3.63) is 69.4 Å². The van der Waals surface area contributed by atoms with E-state index in [2.05, 4.69) is 0 Å². The van der Waals surface area contributed by atoms with Gasteiger partial charge in [-0.2, -0.15) is 0 Å². The first-order valence-electron chi connectivity index (χ1n) is 5.97. The molecule has 0 aliphatic carbocycles. The van der Waals surface area contributed by atoms with E-state index in [4.69, 9.17) is 10.2 Å². The first-order valence-corrected chi connectivity index (χ1v) is 6.85. The Morgan fingerprint density at radius 3 is 2.52 bits per heavy atom. The van der Waals surface area contributed by atoms with Crippen LogP contribution in [0.4, 0.5) is 4.39 Å². The summed E-state index contributed by atoms with van der Waals surface area (Å²) in [6, 6.07) is 7.90. The number of carboxylic acids is 1. The molecular weight excluding hydrogens is 295 g/mol. The molecule has 0 saturated heterocycles. The van der Waals surface area contributed by atoms with E-state index in [1.54, 1.807) is 29.6 Å². The van der Waals surface area contributed by atoms with Crippen LogP contribution < -0.4 is 0 Å². The van der Waals surface area contributed by atoms with Gasteiger partial charge in [0.05, 0.1) is 4.88 Å². The minimum atomic E-state index is -1.57. The van der Waals surface area contributed by atoms with Crippen molar-refractivity contribution < 1.29 is 24.2 Å². The summed E-state index contributed by atoms with van der Waals surface area (Å²) < 4.78 is 13.6. The van der Waals surface area contributed by atoms with Crippen molar-refractivity contribution in [1.29, 1.82) is 0 Å². The highest BCUT2D eigenvalue weighted by atomic mass is 32.1. The Morgan fingerprint density at radius 2 is 1.86 bits per heavy atom. The van der Waals surface area contributed by atoms with Gasteiger partial charge in [-0.15, -0.1) is 11.3 Å². The summed E-state index contributed by atoms with van der Waals surface area (Å²) in [4.78, 5) is 22.7. The average molecular weight is 306 g/mol. The van der Waals surface area contributed by atoms with E-state index in [1.165, 1.54) is 6.07 Å². The molecule has 21 heavy (non-hydrogen) atoms. The lowest BCUT2D eigenvalue weighted by Crippen LogP contribution is -2.04. The molecule has 0 amide bonds. The summed E-state index contributed by atoms with van der Waals surface area (Å²) >= 11 is 1.12. The van der Waals surface area contributed by atoms with Gasteiger partial charge in [0.15, 0.2) is 5.78 Å². The zero-order valence-electron chi connectivity index (χ0n) is 10.7.